The lowest BCUT2D eigenvalue weighted by Gasteiger charge is -2.19. The van der Waals surface area contributed by atoms with E-state index in [9.17, 15) is 26.3 Å². The lowest BCUT2D eigenvalue weighted by Crippen LogP contribution is -2.19. The molecule has 1 nitrogen and oxygen atoms in total. The van der Waals surface area contributed by atoms with Crippen molar-refractivity contribution in [2.75, 3.05) is 0 Å². The van der Waals surface area contributed by atoms with Gasteiger partial charge < -0.3 is 5.73 Å². The molecule has 0 aliphatic rings. The minimum Gasteiger partial charge on any atom is -0.320 e. The molecule has 2 N–H and O–H groups in total. The summed E-state index contributed by atoms with van der Waals surface area (Å²) in [7, 11) is 0. The van der Waals surface area contributed by atoms with Gasteiger partial charge >= 0.3 is 12.4 Å². The number of halogens is 6. The zero-order chi connectivity index (χ0) is 15.8. The highest BCUT2D eigenvalue weighted by molar-refractivity contribution is 7.08. The highest BCUT2D eigenvalue weighted by Crippen LogP contribution is 2.39. The first-order valence-electron chi connectivity index (χ1n) is 5.66. The molecule has 1 atom stereocenters. The third-order valence-electron chi connectivity index (χ3n) is 2.92. The molecular formula is C13H9F6NS. The molecule has 1 heterocycles. The second kappa shape index (κ2) is 5.34. The molecule has 1 aromatic carbocycles. The molecule has 0 aliphatic heterocycles. The first kappa shape index (κ1) is 15.8. The van der Waals surface area contributed by atoms with Crippen LogP contribution in [0.2, 0.25) is 0 Å². The highest BCUT2D eigenvalue weighted by Gasteiger charge is 2.38. The zero-order valence-corrected chi connectivity index (χ0v) is 11.1. The van der Waals surface area contributed by atoms with Crippen LogP contribution >= 0.6 is 11.3 Å². The first-order chi connectivity index (χ1) is 9.60. The first-order valence-corrected chi connectivity index (χ1v) is 6.61. The SMILES string of the molecule is N[C@@H](c1ccsc1)c1cc(C(F)(F)F)ccc1C(F)(F)F. The fraction of sp³-hybridized carbons (Fsp3) is 0.231. The summed E-state index contributed by atoms with van der Waals surface area (Å²) in [5, 5.41) is 3.10. The summed E-state index contributed by atoms with van der Waals surface area (Å²) >= 11 is 1.20. The van der Waals surface area contributed by atoms with Crippen molar-refractivity contribution in [2.24, 2.45) is 5.73 Å². The van der Waals surface area contributed by atoms with E-state index >= 15 is 0 Å². The molecule has 2 rings (SSSR count). The van der Waals surface area contributed by atoms with Gasteiger partial charge in [0.05, 0.1) is 17.2 Å². The third kappa shape index (κ3) is 3.38. The van der Waals surface area contributed by atoms with E-state index in [0.717, 1.165) is 0 Å². The van der Waals surface area contributed by atoms with Crippen molar-refractivity contribution in [2.45, 2.75) is 18.4 Å². The van der Waals surface area contributed by atoms with E-state index in [-0.39, 0.29) is 0 Å². The van der Waals surface area contributed by atoms with E-state index in [4.69, 9.17) is 5.73 Å². The lowest BCUT2D eigenvalue weighted by atomic mass is 9.94. The highest BCUT2D eigenvalue weighted by atomic mass is 32.1. The molecule has 0 unspecified atom stereocenters. The molecule has 0 bridgehead atoms. The van der Waals surface area contributed by atoms with Gasteiger partial charge in [-0.25, -0.2) is 0 Å². The van der Waals surface area contributed by atoms with Crippen LogP contribution < -0.4 is 5.73 Å². The fourth-order valence-corrected chi connectivity index (χ4v) is 2.58. The number of hydrogen-bond acceptors (Lipinski definition) is 2. The average Bonchev–Trinajstić information content (AvgIpc) is 2.88. The second-order valence-electron chi connectivity index (χ2n) is 4.33. The Balaban J connectivity index is 2.59. The van der Waals surface area contributed by atoms with Gasteiger partial charge in [-0.1, -0.05) is 0 Å². The van der Waals surface area contributed by atoms with Crippen molar-refractivity contribution >= 4 is 11.3 Å². The Morgan fingerprint density at radius 3 is 2.10 bits per heavy atom. The number of hydrogen-bond donors (Lipinski definition) is 1. The zero-order valence-electron chi connectivity index (χ0n) is 10.3. The van der Waals surface area contributed by atoms with Gasteiger partial charge in [0.15, 0.2) is 0 Å². The van der Waals surface area contributed by atoms with Crippen LogP contribution in [0.25, 0.3) is 0 Å². The van der Waals surface area contributed by atoms with Crippen LogP contribution in [0.5, 0.6) is 0 Å². The molecule has 114 valence electrons. The van der Waals surface area contributed by atoms with E-state index in [1.807, 2.05) is 0 Å². The van der Waals surface area contributed by atoms with Gasteiger partial charge in [0.1, 0.15) is 0 Å². The Morgan fingerprint density at radius 1 is 0.952 bits per heavy atom. The third-order valence-corrected chi connectivity index (χ3v) is 3.62. The molecular weight excluding hydrogens is 316 g/mol. The van der Waals surface area contributed by atoms with E-state index in [0.29, 0.717) is 23.8 Å². The number of nitrogens with two attached hydrogens (primary N) is 1. The Hall–Kier alpha value is -1.54. The van der Waals surface area contributed by atoms with E-state index in [2.05, 4.69) is 0 Å². The topological polar surface area (TPSA) is 26.0 Å². The average molecular weight is 325 g/mol. The predicted molar refractivity (Wildman–Crippen MR) is 66.8 cm³/mol. The standard InChI is InChI=1S/C13H9F6NS/c14-12(15,16)8-1-2-10(13(17,18)19)9(5-8)11(20)7-3-4-21-6-7/h1-6,11H,20H2/t11-/m0/s1. The van der Waals surface area contributed by atoms with Crippen molar-refractivity contribution in [3.8, 4) is 0 Å². The van der Waals surface area contributed by atoms with Crippen LogP contribution in [0.3, 0.4) is 0 Å². The van der Waals surface area contributed by atoms with Crippen molar-refractivity contribution in [1.82, 2.24) is 0 Å². The lowest BCUT2D eigenvalue weighted by molar-refractivity contribution is -0.142. The minimum absolute atomic E-state index is 0.338. The van der Waals surface area contributed by atoms with E-state index < -0.39 is 35.1 Å². The van der Waals surface area contributed by atoms with Gasteiger partial charge in [-0.2, -0.15) is 37.7 Å². The summed E-state index contributed by atoms with van der Waals surface area (Å²) in [6, 6.07) is 1.51. The summed E-state index contributed by atoms with van der Waals surface area (Å²) in [6.45, 7) is 0. The summed E-state index contributed by atoms with van der Waals surface area (Å²) < 4.78 is 76.9. The van der Waals surface area contributed by atoms with Gasteiger partial charge in [-0.05, 0) is 46.2 Å². The summed E-state index contributed by atoms with van der Waals surface area (Å²) in [5.74, 6) is 0. The molecule has 21 heavy (non-hydrogen) atoms. The van der Waals surface area contributed by atoms with Crippen LogP contribution in [0.1, 0.15) is 28.3 Å². The Labute approximate surface area is 120 Å². The van der Waals surface area contributed by atoms with Gasteiger partial charge in [0.2, 0.25) is 0 Å². The normalized spacial score (nSPS) is 14.2. The van der Waals surface area contributed by atoms with Gasteiger partial charge in [-0.15, -0.1) is 0 Å². The van der Waals surface area contributed by atoms with Crippen molar-refractivity contribution in [3.63, 3.8) is 0 Å². The van der Waals surface area contributed by atoms with Crippen molar-refractivity contribution in [3.05, 3.63) is 57.3 Å². The Morgan fingerprint density at radius 2 is 1.62 bits per heavy atom. The number of benzene rings is 1. The van der Waals surface area contributed by atoms with E-state index in [1.165, 1.54) is 22.8 Å². The largest absolute Gasteiger partial charge is 0.416 e. The van der Waals surface area contributed by atoms with Crippen LogP contribution in [0.15, 0.2) is 35.0 Å². The molecule has 1 aromatic heterocycles. The fourth-order valence-electron chi connectivity index (χ4n) is 1.89. The summed E-state index contributed by atoms with van der Waals surface area (Å²) in [5.41, 5.74) is 3.15. The quantitative estimate of drug-likeness (QED) is 0.786. The number of alkyl halides is 6. The molecule has 0 saturated carbocycles. The van der Waals surface area contributed by atoms with Gasteiger partial charge in [-0.3, -0.25) is 0 Å². The maximum Gasteiger partial charge on any atom is 0.416 e. The van der Waals surface area contributed by atoms with Crippen LogP contribution in [-0.4, -0.2) is 0 Å². The molecule has 0 amide bonds. The smallest absolute Gasteiger partial charge is 0.320 e. The Kier molecular flexibility index (Phi) is 4.03. The minimum atomic E-state index is -4.77. The molecule has 0 radical (unpaired) electrons. The maximum atomic E-state index is 12.9. The van der Waals surface area contributed by atoms with Gasteiger partial charge in [0, 0.05) is 0 Å². The number of thiophene rings is 1. The molecule has 8 heteroatoms. The van der Waals surface area contributed by atoms with Crippen LogP contribution in [0, 0.1) is 0 Å². The maximum absolute atomic E-state index is 12.9. The summed E-state index contributed by atoms with van der Waals surface area (Å²) in [4.78, 5) is 0. The van der Waals surface area contributed by atoms with Gasteiger partial charge in [0.25, 0.3) is 0 Å². The Bertz CT molecular complexity index is 615. The van der Waals surface area contributed by atoms with Crippen LogP contribution in [-0.2, 0) is 12.4 Å². The van der Waals surface area contributed by atoms with E-state index in [1.54, 1.807) is 5.38 Å². The molecule has 2 aromatic rings. The number of rotatable bonds is 2. The van der Waals surface area contributed by atoms with Crippen molar-refractivity contribution < 1.29 is 26.3 Å². The summed E-state index contributed by atoms with van der Waals surface area (Å²) in [6.07, 6.45) is -9.50. The molecule has 0 fully saturated rings. The predicted octanol–water partition coefficient (Wildman–Crippen LogP) is 4.83. The molecule has 0 spiro atoms. The van der Waals surface area contributed by atoms with Crippen LogP contribution in [0.4, 0.5) is 26.3 Å². The molecule has 0 aliphatic carbocycles. The molecule has 0 saturated heterocycles. The second-order valence-corrected chi connectivity index (χ2v) is 5.11. The van der Waals surface area contributed by atoms with Crippen molar-refractivity contribution in [1.29, 1.82) is 0 Å². The monoisotopic (exact) mass is 325 g/mol.